The Morgan fingerprint density at radius 1 is 1.25 bits per heavy atom. The van der Waals surface area contributed by atoms with E-state index in [1.807, 2.05) is 13.8 Å². The fraction of sp³-hybridized carbons (Fsp3) is 0.917. The van der Waals surface area contributed by atoms with Crippen LogP contribution in [0, 0.1) is 0 Å². The van der Waals surface area contributed by atoms with Gasteiger partial charge in [0.25, 0.3) is 0 Å². The first-order valence-corrected chi connectivity index (χ1v) is 6.15. The molecule has 1 aliphatic heterocycles. The third kappa shape index (κ3) is 4.39. The van der Waals surface area contributed by atoms with Gasteiger partial charge in [-0.2, -0.15) is 0 Å². The summed E-state index contributed by atoms with van der Waals surface area (Å²) in [7, 11) is 1.71. The van der Waals surface area contributed by atoms with Gasteiger partial charge in [-0.25, -0.2) is 0 Å². The summed E-state index contributed by atoms with van der Waals surface area (Å²) in [5, 5.41) is 0. The molecule has 0 aromatic carbocycles. The van der Waals surface area contributed by atoms with Crippen LogP contribution in [0.3, 0.4) is 0 Å². The molecule has 0 aromatic rings. The van der Waals surface area contributed by atoms with E-state index in [4.69, 9.17) is 10.5 Å². The molecular formula is C12H25N3O. The third-order valence-corrected chi connectivity index (χ3v) is 3.10. The van der Waals surface area contributed by atoms with Gasteiger partial charge in [0.15, 0.2) is 5.96 Å². The number of rotatable bonds is 3. The normalized spacial score (nSPS) is 19.7. The Bertz CT molecular complexity index is 230. The van der Waals surface area contributed by atoms with E-state index in [1.54, 1.807) is 7.11 Å². The summed E-state index contributed by atoms with van der Waals surface area (Å²) in [5.41, 5.74) is 5.77. The lowest BCUT2D eigenvalue weighted by molar-refractivity contribution is 0.0309. The highest BCUT2D eigenvalue weighted by Gasteiger charge is 2.17. The van der Waals surface area contributed by atoms with Gasteiger partial charge < -0.3 is 15.4 Å². The van der Waals surface area contributed by atoms with Crippen molar-refractivity contribution in [3.63, 3.8) is 0 Å². The van der Waals surface area contributed by atoms with Gasteiger partial charge in [-0.05, 0) is 26.7 Å². The summed E-state index contributed by atoms with van der Waals surface area (Å²) < 4.78 is 5.32. The van der Waals surface area contributed by atoms with Gasteiger partial charge in [0, 0.05) is 20.2 Å². The van der Waals surface area contributed by atoms with Crippen molar-refractivity contribution in [3.8, 4) is 0 Å². The van der Waals surface area contributed by atoms with Crippen molar-refractivity contribution in [2.75, 3.05) is 26.7 Å². The fourth-order valence-corrected chi connectivity index (χ4v) is 1.74. The third-order valence-electron chi connectivity index (χ3n) is 3.10. The van der Waals surface area contributed by atoms with Gasteiger partial charge in [0.1, 0.15) is 0 Å². The molecule has 0 aliphatic carbocycles. The van der Waals surface area contributed by atoms with Gasteiger partial charge in [0.05, 0.1) is 12.1 Å². The van der Waals surface area contributed by atoms with Crippen molar-refractivity contribution >= 4 is 5.96 Å². The lowest BCUT2D eigenvalue weighted by atomic mass is 10.1. The summed E-state index contributed by atoms with van der Waals surface area (Å²) in [6.07, 6.45) is 5.08. The number of hydrogen-bond acceptors (Lipinski definition) is 2. The Morgan fingerprint density at radius 3 is 2.31 bits per heavy atom. The molecule has 0 saturated carbocycles. The fourth-order valence-electron chi connectivity index (χ4n) is 1.74. The second-order valence-corrected chi connectivity index (χ2v) is 5.04. The van der Waals surface area contributed by atoms with E-state index >= 15 is 0 Å². The van der Waals surface area contributed by atoms with Crippen LogP contribution in [-0.2, 0) is 4.74 Å². The predicted octanol–water partition coefficient (Wildman–Crippen LogP) is 1.60. The number of aliphatic imine (C=N–C) groups is 1. The van der Waals surface area contributed by atoms with E-state index in [2.05, 4.69) is 9.89 Å². The molecule has 1 heterocycles. The molecule has 16 heavy (non-hydrogen) atoms. The molecule has 2 N–H and O–H groups in total. The second-order valence-electron chi connectivity index (χ2n) is 5.04. The van der Waals surface area contributed by atoms with E-state index in [-0.39, 0.29) is 5.60 Å². The van der Waals surface area contributed by atoms with Crippen LogP contribution in [0.1, 0.15) is 39.5 Å². The Kier molecular flexibility index (Phi) is 5.06. The van der Waals surface area contributed by atoms with Crippen molar-refractivity contribution in [3.05, 3.63) is 0 Å². The minimum atomic E-state index is -0.226. The van der Waals surface area contributed by atoms with E-state index in [1.165, 1.54) is 25.7 Å². The topological polar surface area (TPSA) is 50.9 Å². The second kappa shape index (κ2) is 6.09. The SMILES string of the molecule is COC(C)(C)CN=C(N)N1CCCCCC1. The zero-order valence-corrected chi connectivity index (χ0v) is 10.8. The molecule has 0 unspecified atom stereocenters. The first-order valence-electron chi connectivity index (χ1n) is 6.15. The minimum Gasteiger partial charge on any atom is -0.377 e. The van der Waals surface area contributed by atoms with Crippen LogP contribution < -0.4 is 5.73 Å². The van der Waals surface area contributed by atoms with Crippen LogP contribution >= 0.6 is 0 Å². The Hall–Kier alpha value is -0.770. The number of guanidine groups is 1. The average molecular weight is 227 g/mol. The molecule has 1 saturated heterocycles. The average Bonchev–Trinajstić information content (AvgIpc) is 2.54. The number of likely N-dealkylation sites (tertiary alicyclic amines) is 1. The van der Waals surface area contributed by atoms with Gasteiger partial charge >= 0.3 is 0 Å². The standard InChI is InChI=1S/C12H25N3O/c1-12(2,16-3)10-14-11(13)15-8-6-4-5-7-9-15/h4-10H2,1-3H3,(H2,13,14). The number of methoxy groups -OCH3 is 1. The molecule has 0 amide bonds. The molecule has 1 aliphatic rings. The zero-order chi connectivity index (χ0) is 12.0. The van der Waals surface area contributed by atoms with Crippen LogP contribution in [-0.4, -0.2) is 43.2 Å². The molecule has 4 nitrogen and oxygen atoms in total. The number of nitrogens with two attached hydrogens (primary N) is 1. The van der Waals surface area contributed by atoms with Crippen molar-refractivity contribution in [1.29, 1.82) is 0 Å². The molecule has 0 atom stereocenters. The number of hydrogen-bond donors (Lipinski definition) is 1. The Morgan fingerprint density at radius 2 is 1.81 bits per heavy atom. The van der Waals surface area contributed by atoms with E-state index in [0.29, 0.717) is 12.5 Å². The van der Waals surface area contributed by atoms with Crippen LogP contribution in [0.5, 0.6) is 0 Å². The van der Waals surface area contributed by atoms with Gasteiger partial charge in [0.2, 0.25) is 0 Å². The lowest BCUT2D eigenvalue weighted by Gasteiger charge is -2.24. The van der Waals surface area contributed by atoms with Crippen molar-refractivity contribution in [2.45, 2.75) is 45.1 Å². The smallest absolute Gasteiger partial charge is 0.191 e. The van der Waals surface area contributed by atoms with Crippen molar-refractivity contribution in [2.24, 2.45) is 10.7 Å². The van der Waals surface area contributed by atoms with Gasteiger partial charge in [-0.1, -0.05) is 12.8 Å². The largest absolute Gasteiger partial charge is 0.377 e. The van der Waals surface area contributed by atoms with Gasteiger partial charge in [-0.15, -0.1) is 0 Å². The first kappa shape index (κ1) is 13.3. The van der Waals surface area contributed by atoms with E-state index in [0.717, 1.165) is 13.1 Å². The van der Waals surface area contributed by atoms with E-state index in [9.17, 15) is 0 Å². The molecule has 0 aromatic heterocycles. The number of ether oxygens (including phenoxy) is 1. The Balaban J connectivity index is 2.48. The summed E-state index contributed by atoms with van der Waals surface area (Å²) in [5.74, 6) is 0.673. The van der Waals surface area contributed by atoms with Crippen LogP contribution in [0.2, 0.25) is 0 Å². The molecule has 1 fully saturated rings. The summed E-state index contributed by atoms with van der Waals surface area (Å²) in [6.45, 7) is 6.75. The summed E-state index contributed by atoms with van der Waals surface area (Å²) >= 11 is 0. The maximum absolute atomic E-state index is 6.00. The van der Waals surface area contributed by atoms with Crippen LogP contribution in [0.4, 0.5) is 0 Å². The quantitative estimate of drug-likeness (QED) is 0.588. The molecule has 0 bridgehead atoms. The van der Waals surface area contributed by atoms with Crippen LogP contribution in [0.15, 0.2) is 4.99 Å². The zero-order valence-electron chi connectivity index (χ0n) is 10.8. The van der Waals surface area contributed by atoms with Crippen molar-refractivity contribution in [1.82, 2.24) is 4.90 Å². The molecule has 0 spiro atoms. The molecule has 4 heteroatoms. The highest BCUT2D eigenvalue weighted by atomic mass is 16.5. The molecule has 0 radical (unpaired) electrons. The first-order chi connectivity index (χ1) is 7.55. The minimum absolute atomic E-state index is 0.226. The predicted molar refractivity (Wildman–Crippen MR) is 67.6 cm³/mol. The maximum Gasteiger partial charge on any atom is 0.191 e. The highest BCUT2D eigenvalue weighted by molar-refractivity contribution is 5.78. The Labute approximate surface area is 98.9 Å². The number of nitrogens with zero attached hydrogens (tertiary/aromatic N) is 2. The highest BCUT2D eigenvalue weighted by Crippen LogP contribution is 2.11. The molecule has 94 valence electrons. The summed E-state index contributed by atoms with van der Waals surface area (Å²) in [6, 6.07) is 0. The van der Waals surface area contributed by atoms with Gasteiger partial charge in [-0.3, -0.25) is 4.99 Å². The van der Waals surface area contributed by atoms with Crippen molar-refractivity contribution < 1.29 is 4.74 Å². The lowest BCUT2D eigenvalue weighted by Crippen LogP contribution is -2.39. The molecular weight excluding hydrogens is 202 g/mol. The monoisotopic (exact) mass is 227 g/mol. The molecule has 1 rings (SSSR count). The van der Waals surface area contributed by atoms with Crippen LogP contribution in [0.25, 0.3) is 0 Å². The summed E-state index contributed by atoms with van der Waals surface area (Å²) in [4.78, 5) is 6.62. The van der Waals surface area contributed by atoms with E-state index < -0.39 is 0 Å². The maximum atomic E-state index is 6.00.